The molecule has 3 rings (SSSR count). The van der Waals surface area contributed by atoms with Crippen LogP contribution in [0.15, 0.2) is 40.7 Å². The Balaban J connectivity index is 2.25. The molecule has 1 heterocycles. The molecule has 0 amide bonds. The lowest BCUT2D eigenvalue weighted by Crippen LogP contribution is -2.43. The molecule has 0 spiro atoms. The molecule has 30 heavy (non-hydrogen) atoms. The van der Waals surface area contributed by atoms with E-state index in [9.17, 15) is 14.4 Å². The Hall–Kier alpha value is -2.31. The van der Waals surface area contributed by atoms with Crippen molar-refractivity contribution >= 4 is 40.9 Å². The third-order valence-corrected chi connectivity index (χ3v) is 6.36. The summed E-state index contributed by atoms with van der Waals surface area (Å²) < 4.78 is 10.1. The number of hydrogen-bond donors (Lipinski definition) is 1. The standard InChI is InChI=1S/C22H23Cl2NO5/c1-5-30-22(28)16-11(3)25-14-9-10(2)15(21(27)29-4)20(26)18(14)17(16)12-7-6-8-13(23)19(12)24/h6-8,10,15,17,25H,5,9H2,1-4H3/t10-,15-,17-/m0/s1. The monoisotopic (exact) mass is 451 g/mol. The minimum atomic E-state index is -0.960. The maximum absolute atomic E-state index is 13.5. The van der Waals surface area contributed by atoms with Gasteiger partial charge in [-0.3, -0.25) is 9.59 Å². The first-order valence-electron chi connectivity index (χ1n) is 9.66. The lowest BCUT2D eigenvalue weighted by molar-refractivity contribution is -0.151. The molecule has 0 bridgehead atoms. The third-order valence-electron chi connectivity index (χ3n) is 5.53. The smallest absolute Gasteiger partial charge is 0.336 e. The minimum Gasteiger partial charge on any atom is -0.468 e. The minimum absolute atomic E-state index is 0.174. The maximum Gasteiger partial charge on any atom is 0.336 e. The fourth-order valence-electron chi connectivity index (χ4n) is 4.21. The van der Waals surface area contributed by atoms with Crippen LogP contribution in [-0.4, -0.2) is 31.4 Å². The van der Waals surface area contributed by atoms with Crippen LogP contribution in [0.1, 0.15) is 38.7 Å². The van der Waals surface area contributed by atoms with Gasteiger partial charge in [0, 0.05) is 22.9 Å². The lowest BCUT2D eigenvalue weighted by atomic mass is 9.69. The second-order valence-electron chi connectivity index (χ2n) is 7.40. The first-order chi connectivity index (χ1) is 14.2. The van der Waals surface area contributed by atoms with E-state index in [0.29, 0.717) is 34.0 Å². The maximum atomic E-state index is 13.5. The number of ether oxygens (including phenoxy) is 2. The molecule has 160 valence electrons. The molecule has 0 saturated carbocycles. The summed E-state index contributed by atoms with van der Waals surface area (Å²) in [6.45, 7) is 5.46. The van der Waals surface area contributed by atoms with Crippen LogP contribution in [0.25, 0.3) is 0 Å². The van der Waals surface area contributed by atoms with Gasteiger partial charge in [0.15, 0.2) is 5.78 Å². The number of ketones is 1. The van der Waals surface area contributed by atoms with Crippen molar-refractivity contribution in [1.29, 1.82) is 0 Å². The predicted molar refractivity (Wildman–Crippen MR) is 113 cm³/mol. The fraction of sp³-hybridized carbons (Fsp3) is 0.409. The number of carbonyl (C=O) groups is 3. The Morgan fingerprint density at radius 2 is 1.97 bits per heavy atom. The third kappa shape index (κ3) is 3.74. The number of dihydropyridines is 1. The van der Waals surface area contributed by atoms with Crippen LogP contribution >= 0.6 is 23.2 Å². The van der Waals surface area contributed by atoms with Crippen LogP contribution < -0.4 is 5.32 Å². The summed E-state index contributed by atoms with van der Waals surface area (Å²) in [4.78, 5) is 38.8. The molecule has 1 aliphatic heterocycles. The Labute approximate surface area is 185 Å². The van der Waals surface area contributed by atoms with Gasteiger partial charge in [0.05, 0.1) is 29.3 Å². The molecular formula is C22H23Cl2NO5. The Morgan fingerprint density at radius 1 is 1.27 bits per heavy atom. The molecule has 0 aromatic heterocycles. The van der Waals surface area contributed by atoms with Crippen molar-refractivity contribution in [3.63, 3.8) is 0 Å². The zero-order valence-electron chi connectivity index (χ0n) is 17.2. The van der Waals surface area contributed by atoms with Gasteiger partial charge in [0.25, 0.3) is 0 Å². The first kappa shape index (κ1) is 22.4. The van der Waals surface area contributed by atoms with Crippen LogP contribution in [0.2, 0.25) is 10.0 Å². The average Bonchev–Trinajstić information content (AvgIpc) is 2.69. The van der Waals surface area contributed by atoms with Gasteiger partial charge in [0.1, 0.15) is 5.92 Å². The number of hydrogen-bond acceptors (Lipinski definition) is 6. The average molecular weight is 452 g/mol. The van der Waals surface area contributed by atoms with Gasteiger partial charge in [-0.05, 0) is 37.8 Å². The molecule has 0 radical (unpaired) electrons. The van der Waals surface area contributed by atoms with Crippen LogP contribution in [0, 0.1) is 11.8 Å². The molecule has 0 fully saturated rings. The van der Waals surface area contributed by atoms with E-state index in [1.807, 2.05) is 6.92 Å². The summed E-state index contributed by atoms with van der Waals surface area (Å²) in [7, 11) is 1.25. The summed E-state index contributed by atoms with van der Waals surface area (Å²) in [5.74, 6) is -3.58. The summed E-state index contributed by atoms with van der Waals surface area (Å²) in [5, 5.41) is 3.74. The van der Waals surface area contributed by atoms with E-state index in [0.717, 1.165) is 0 Å². The number of halogens is 2. The van der Waals surface area contributed by atoms with Crippen molar-refractivity contribution in [3.05, 3.63) is 56.3 Å². The van der Waals surface area contributed by atoms with E-state index in [2.05, 4.69) is 5.32 Å². The number of carbonyl (C=O) groups excluding carboxylic acids is 3. The highest BCUT2D eigenvalue weighted by atomic mass is 35.5. The van der Waals surface area contributed by atoms with Crippen LogP contribution in [-0.2, 0) is 23.9 Å². The summed E-state index contributed by atoms with van der Waals surface area (Å²) in [6.07, 6.45) is 0.447. The molecule has 3 atom stereocenters. The second kappa shape index (κ2) is 8.82. The van der Waals surface area contributed by atoms with Crippen molar-refractivity contribution in [2.45, 2.75) is 33.1 Å². The van der Waals surface area contributed by atoms with Gasteiger partial charge in [-0.2, -0.15) is 0 Å². The van der Waals surface area contributed by atoms with Gasteiger partial charge in [-0.25, -0.2) is 4.79 Å². The number of rotatable bonds is 4. The number of Topliss-reactive ketones (excluding diaryl/α,β-unsaturated/α-hetero) is 1. The zero-order valence-corrected chi connectivity index (χ0v) is 18.7. The largest absolute Gasteiger partial charge is 0.468 e. The molecule has 1 aromatic carbocycles. The van der Waals surface area contributed by atoms with E-state index in [1.54, 1.807) is 32.0 Å². The molecule has 2 aliphatic rings. The van der Waals surface area contributed by atoms with Gasteiger partial charge in [-0.15, -0.1) is 0 Å². The molecule has 1 aliphatic carbocycles. The van der Waals surface area contributed by atoms with Crippen LogP contribution in [0.5, 0.6) is 0 Å². The summed E-state index contributed by atoms with van der Waals surface area (Å²) >= 11 is 12.7. The van der Waals surface area contributed by atoms with Crippen molar-refractivity contribution in [2.24, 2.45) is 11.8 Å². The number of methoxy groups -OCH3 is 1. The lowest BCUT2D eigenvalue weighted by Gasteiger charge is -2.38. The number of esters is 2. The van der Waals surface area contributed by atoms with E-state index >= 15 is 0 Å². The van der Waals surface area contributed by atoms with Gasteiger partial charge >= 0.3 is 11.9 Å². The van der Waals surface area contributed by atoms with E-state index in [1.165, 1.54) is 7.11 Å². The Bertz CT molecular complexity index is 982. The molecule has 1 N–H and O–H groups in total. The highest BCUT2D eigenvalue weighted by Crippen LogP contribution is 2.47. The Morgan fingerprint density at radius 3 is 2.60 bits per heavy atom. The van der Waals surface area contributed by atoms with Crippen LogP contribution in [0.3, 0.4) is 0 Å². The zero-order chi connectivity index (χ0) is 22.2. The fourth-order valence-corrected chi connectivity index (χ4v) is 4.63. The number of nitrogens with one attached hydrogen (secondary N) is 1. The molecule has 6 nitrogen and oxygen atoms in total. The summed E-state index contributed by atoms with van der Waals surface area (Å²) in [6, 6.07) is 5.06. The van der Waals surface area contributed by atoms with E-state index in [-0.39, 0.29) is 23.1 Å². The van der Waals surface area contributed by atoms with Crippen molar-refractivity contribution in [2.75, 3.05) is 13.7 Å². The number of benzene rings is 1. The van der Waals surface area contributed by atoms with Crippen molar-refractivity contribution < 1.29 is 23.9 Å². The van der Waals surface area contributed by atoms with Gasteiger partial charge in [0.2, 0.25) is 0 Å². The SMILES string of the molecule is CCOC(=O)C1=C(C)NC2=C(C(=O)[C@@H](C(=O)OC)[C@@H](C)C2)[C@H]1c1cccc(Cl)c1Cl. The molecule has 8 heteroatoms. The second-order valence-corrected chi connectivity index (χ2v) is 8.18. The normalized spacial score (nSPS) is 23.7. The quantitative estimate of drug-likeness (QED) is 0.546. The molecule has 0 unspecified atom stereocenters. The first-order valence-corrected chi connectivity index (χ1v) is 10.4. The topological polar surface area (TPSA) is 81.7 Å². The number of allylic oxidation sites excluding steroid dienone is 3. The molecule has 0 saturated heterocycles. The van der Waals surface area contributed by atoms with Gasteiger partial charge < -0.3 is 14.8 Å². The van der Waals surface area contributed by atoms with Gasteiger partial charge in [-0.1, -0.05) is 42.3 Å². The molecule has 1 aromatic rings. The predicted octanol–water partition coefficient (Wildman–Crippen LogP) is 4.17. The van der Waals surface area contributed by atoms with Crippen LogP contribution in [0.4, 0.5) is 0 Å². The summed E-state index contributed by atoms with van der Waals surface area (Å²) in [5.41, 5.74) is 2.34. The Kier molecular flexibility index (Phi) is 6.58. The highest BCUT2D eigenvalue weighted by molar-refractivity contribution is 6.42. The van der Waals surface area contributed by atoms with Crippen molar-refractivity contribution in [3.8, 4) is 0 Å². The molecular weight excluding hydrogens is 429 g/mol. The highest BCUT2D eigenvalue weighted by Gasteiger charge is 2.47. The van der Waals surface area contributed by atoms with Crippen molar-refractivity contribution in [1.82, 2.24) is 5.32 Å². The van der Waals surface area contributed by atoms with E-state index in [4.69, 9.17) is 32.7 Å². The van der Waals surface area contributed by atoms with E-state index < -0.39 is 29.6 Å².